The highest BCUT2D eigenvalue weighted by Crippen LogP contribution is 2.21. The first-order chi connectivity index (χ1) is 11.6. The summed E-state index contributed by atoms with van der Waals surface area (Å²) < 4.78 is 4.76. The van der Waals surface area contributed by atoms with E-state index >= 15 is 0 Å². The Labute approximate surface area is 141 Å². The molecule has 4 nitrogen and oxygen atoms in total. The number of benzene rings is 1. The number of ether oxygens (including phenoxy) is 1. The minimum Gasteiger partial charge on any atom is -0.465 e. The minimum absolute atomic E-state index is 0.345. The number of hydrogen-bond acceptors (Lipinski definition) is 4. The van der Waals surface area contributed by atoms with Crippen molar-refractivity contribution < 1.29 is 9.53 Å². The van der Waals surface area contributed by atoms with Crippen molar-refractivity contribution in [1.82, 2.24) is 9.97 Å². The number of carbonyl (C=O) groups excluding carboxylic acids is 1. The number of carbonyl (C=O) groups is 1. The number of pyridine rings is 2. The number of rotatable bonds is 4. The molecule has 2 aromatic heterocycles. The lowest BCUT2D eigenvalue weighted by Gasteiger charge is -2.08. The summed E-state index contributed by atoms with van der Waals surface area (Å²) >= 11 is 0. The van der Waals surface area contributed by atoms with Gasteiger partial charge in [0.2, 0.25) is 0 Å². The molecule has 4 heteroatoms. The molecule has 2 heterocycles. The van der Waals surface area contributed by atoms with E-state index in [0.29, 0.717) is 17.9 Å². The zero-order valence-corrected chi connectivity index (χ0v) is 14.1. The maximum absolute atomic E-state index is 11.6. The summed E-state index contributed by atoms with van der Waals surface area (Å²) in [5.74, 6) is 0.104. The molecule has 0 radical (unpaired) electrons. The van der Waals surface area contributed by atoms with Gasteiger partial charge in [0.15, 0.2) is 0 Å². The topological polar surface area (TPSA) is 52.1 Å². The molecule has 0 spiro atoms. The first kappa shape index (κ1) is 16.1. The van der Waals surface area contributed by atoms with Crippen molar-refractivity contribution in [2.45, 2.75) is 26.2 Å². The quantitative estimate of drug-likeness (QED) is 0.678. The van der Waals surface area contributed by atoms with Crippen LogP contribution in [0.25, 0.3) is 10.9 Å². The van der Waals surface area contributed by atoms with E-state index in [1.807, 2.05) is 12.3 Å². The third-order valence-electron chi connectivity index (χ3n) is 4.06. The van der Waals surface area contributed by atoms with Gasteiger partial charge in [-0.3, -0.25) is 9.97 Å². The van der Waals surface area contributed by atoms with E-state index in [-0.39, 0.29) is 5.97 Å². The number of methoxy groups -OCH3 is 1. The predicted octanol–water partition coefficient (Wildman–Crippen LogP) is 4.13. The fraction of sp³-hybridized carbons (Fsp3) is 0.250. The second-order valence-electron chi connectivity index (χ2n) is 6.15. The van der Waals surface area contributed by atoms with Crippen LogP contribution in [-0.4, -0.2) is 23.0 Å². The van der Waals surface area contributed by atoms with Gasteiger partial charge in [-0.05, 0) is 47.4 Å². The van der Waals surface area contributed by atoms with Crippen LogP contribution in [0.1, 0.15) is 46.9 Å². The Kier molecular flexibility index (Phi) is 4.56. The first-order valence-corrected chi connectivity index (χ1v) is 7.98. The number of hydrogen-bond donors (Lipinski definition) is 0. The van der Waals surface area contributed by atoms with Crippen LogP contribution >= 0.6 is 0 Å². The van der Waals surface area contributed by atoms with E-state index in [0.717, 1.165) is 22.2 Å². The van der Waals surface area contributed by atoms with Crippen LogP contribution in [0.5, 0.6) is 0 Å². The van der Waals surface area contributed by atoms with Crippen LogP contribution in [0.4, 0.5) is 0 Å². The largest absolute Gasteiger partial charge is 0.465 e. The Morgan fingerprint density at radius 2 is 1.96 bits per heavy atom. The van der Waals surface area contributed by atoms with Crippen molar-refractivity contribution in [2.24, 2.45) is 0 Å². The number of nitrogens with zero attached hydrogens (tertiary/aromatic N) is 2. The molecule has 0 atom stereocenters. The Hall–Kier alpha value is -2.75. The van der Waals surface area contributed by atoms with E-state index < -0.39 is 0 Å². The SMILES string of the molecule is COC(=O)c1ccnc(Cc2ccc3ncc(C(C)C)cc3c2)c1. The van der Waals surface area contributed by atoms with Crippen LogP contribution < -0.4 is 0 Å². The van der Waals surface area contributed by atoms with Crippen LogP contribution in [-0.2, 0) is 11.2 Å². The molecule has 3 aromatic rings. The van der Waals surface area contributed by atoms with Crippen molar-refractivity contribution in [3.05, 3.63) is 71.2 Å². The summed E-state index contributed by atoms with van der Waals surface area (Å²) in [6.07, 6.45) is 4.24. The second-order valence-corrected chi connectivity index (χ2v) is 6.15. The van der Waals surface area contributed by atoms with Crippen molar-refractivity contribution in [3.8, 4) is 0 Å². The average molecular weight is 320 g/mol. The zero-order chi connectivity index (χ0) is 17.1. The fourth-order valence-corrected chi connectivity index (χ4v) is 2.65. The van der Waals surface area contributed by atoms with E-state index in [1.54, 1.807) is 18.3 Å². The number of fused-ring (bicyclic) bond motifs is 1. The molecule has 0 amide bonds. The van der Waals surface area contributed by atoms with Gasteiger partial charge in [-0.25, -0.2) is 4.79 Å². The summed E-state index contributed by atoms with van der Waals surface area (Å²) in [6, 6.07) is 11.8. The maximum Gasteiger partial charge on any atom is 0.337 e. The lowest BCUT2D eigenvalue weighted by Crippen LogP contribution is -2.03. The molecule has 0 aliphatic carbocycles. The Bertz CT molecular complexity index is 888. The molecule has 0 saturated carbocycles. The zero-order valence-electron chi connectivity index (χ0n) is 14.1. The van der Waals surface area contributed by atoms with Gasteiger partial charge >= 0.3 is 5.97 Å². The van der Waals surface area contributed by atoms with Gasteiger partial charge < -0.3 is 4.74 Å². The van der Waals surface area contributed by atoms with Gasteiger partial charge in [-0.1, -0.05) is 19.9 Å². The molecule has 0 unspecified atom stereocenters. The number of aromatic nitrogens is 2. The Morgan fingerprint density at radius 3 is 2.71 bits per heavy atom. The summed E-state index contributed by atoms with van der Waals surface area (Å²) in [4.78, 5) is 20.5. The minimum atomic E-state index is -0.345. The van der Waals surface area contributed by atoms with Crippen LogP contribution in [0.3, 0.4) is 0 Å². The third-order valence-corrected chi connectivity index (χ3v) is 4.06. The summed E-state index contributed by atoms with van der Waals surface area (Å²) in [5.41, 5.74) is 4.71. The molecule has 122 valence electrons. The summed E-state index contributed by atoms with van der Waals surface area (Å²) in [5, 5.41) is 1.13. The Morgan fingerprint density at radius 1 is 1.12 bits per heavy atom. The normalized spacial score (nSPS) is 11.0. The lowest BCUT2D eigenvalue weighted by atomic mass is 10.0. The fourth-order valence-electron chi connectivity index (χ4n) is 2.65. The average Bonchev–Trinajstić information content (AvgIpc) is 2.60. The van der Waals surface area contributed by atoms with Gasteiger partial charge in [0.05, 0.1) is 18.2 Å². The molecule has 0 N–H and O–H groups in total. The molecule has 0 aliphatic rings. The molecule has 1 aromatic carbocycles. The Balaban J connectivity index is 1.91. The van der Waals surface area contributed by atoms with E-state index in [1.165, 1.54) is 12.7 Å². The summed E-state index contributed by atoms with van der Waals surface area (Å²) in [6.45, 7) is 4.32. The highest BCUT2D eigenvalue weighted by molar-refractivity contribution is 5.89. The highest BCUT2D eigenvalue weighted by Gasteiger charge is 2.08. The van der Waals surface area contributed by atoms with E-state index in [9.17, 15) is 4.79 Å². The van der Waals surface area contributed by atoms with Gasteiger partial charge in [-0.2, -0.15) is 0 Å². The summed E-state index contributed by atoms with van der Waals surface area (Å²) in [7, 11) is 1.38. The monoisotopic (exact) mass is 320 g/mol. The van der Waals surface area contributed by atoms with Crippen molar-refractivity contribution in [3.63, 3.8) is 0 Å². The molecular weight excluding hydrogens is 300 g/mol. The van der Waals surface area contributed by atoms with E-state index in [2.05, 4.69) is 42.0 Å². The van der Waals surface area contributed by atoms with Crippen LogP contribution in [0.2, 0.25) is 0 Å². The number of esters is 1. The first-order valence-electron chi connectivity index (χ1n) is 7.98. The standard InChI is InChI=1S/C20H20N2O2/c1-13(2)17-10-16-8-14(4-5-19(16)22-12-17)9-18-11-15(6-7-21-18)20(23)24-3/h4-8,10-13H,9H2,1-3H3. The molecule has 0 fully saturated rings. The molecule has 3 rings (SSSR count). The smallest absolute Gasteiger partial charge is 0.337 e. The third kappa shape index (κ3) is 3.43. The van der Waals surface area contributed by atoms with Gasteiger partial charge in [0, 0.05) is 29.9 Å². The van der Waals surface area contributed by atoms with Gasteiger partial charge in [0.25, 0.3) is 0 Å². The van der Waals surface area contributed by atoms with Gasteiger partial charge in [0.1, 0.15) is 0 Å². The molecule has 0 aliphatic heterocycles. The maximum atomic E-state index is 11.6. The van der Waals surface area contributed by atoms with Crippen LogP contribution in [0.15, 0.2) is 48.8 Å². The molecule has 0 bridgehead atoms. The van der Waals surface area contributed by atoms with Crippen molar-refractivity contribution in [2.75, 3.05) is 7.11 Å². The molecule has 0 saturated heterocycles. The van der Waals surface area contributed by atoms with Crippen molar-refractivity contribution in [1.29, 1.82) is 0 Å². The predicted molar refractivity (Wildman–Crippen MR) is 94.2 cm³/mol. The lowest BCUT2D eigenvalue weighted by molar-refractivity contribution is 0.0600. The second kappa shape index (κ2) is 6.79. The molecular formula is C20H20N2O2. The molecule has 24 heavy (non-hydrogen) atoms. The van der Waals surface area contributed by atoms with Crippen molar-refractivity contribution >= 4 is 16.9 Å². The van der Waals surface area contributed by atoms with Crippen LogP contribution in [0, 0.1) is 0 Å². The highest BCUT2D eigenvalue weighted by atomic mass is 16.5. The van der Waals surface area contributed by atoms with Gasteiger partial charge in [-0.15, -0.1) is 0 Å². The van der Waals surface area contributed by atoms with E-state index in [4.69, 9.17) is 4.74 Å².